The maximum atomic E-state index is 12.4. The van der Waals surface area contributed by atoms with Crippen molar-refractivity contribution in [3.05, 3.63) is 0 Å². The zero-order chi connectivity index (χ0) is 24.3. The number of amidine groups is 1. The Balaban J connectivity index is 0. The molecule has 0 aromatic carbocycles. The number of nitrogens with one attached hydrogen (secondary N) is 1. The van der Waals surface area contributed by atoms with Crippen molar-refractivity contribution < 1.29 is 36.3 Å². The predicted octanol–water partition coefficient (Wildman–Crippen LogP) is 4.02. The number of rotatable bonds is 7. The predicted molar refractivity (Wildman–Crippen MR) is 113 cm³/mol. The molecule has 0 radical (unpaired) electrons. The highest BCUT2D eigenvalue weighted by Gasteiger charge is 2.29. The van der Waals surface area contributed by atoms with Crippen LogP contribution in [0.5, 0.6) is 0 Å². The molecule has 0 aromatic heterocycles. The Morgan fingerprint density at radius 2 is 1.50 bits per heavy atom. The molecule has 178 valence electrons. The Bertz CT molecular complexity index is 569. The molecule has 0 aliphatic carbocycles. The summed E-state index contributed by atoms with van der Waals surface area (Å²) in [6.07, 6.45) is -0.646. The van der Waals surface area contributed by atoms with Gasteiger partial charge in [0.15, 0.2) is 0 Å². The van der Waals surface area contributed by atoms with Gasteiger partial charge < -0.3 is 37.8 Å². The molecule has 2 atom stereocenters. The summed E-state index contributed by atoms with van der Waals surface area (Å²) in [5.41, 5.74) is 4.25. The lowest BCUT2D eigenvalue weighted by Crippen LogP contribution is -2.47. The second-order valence-electron chi connectivity index (χ2n) is 8.35. The Labute approximate surface area is 180 Å². The lowest BCUT2D eigenvalue weighted by molar-refractivity contribution is -0.156. The van der Waals surface area contributed by atoms with Crippen LogP contribution in [0, 0.1) is 0 Å². The van der Waals surface area contributed by atoms with Crippen molar-refractivity contribution >= 4 is 36.9 Å². The molecule has 0 saturated heterocycles. The smallest absolute Gasteiger partial charge is 0.458 e. The van der Waals surface area contributed by atoms with E-state index in [1.807, 2.05) is 6.92 Å². The first-order valence-corrected chi connectivity index (χ1v) is 10.2. The quantitative estimate of drug-likeness (QED) is 0.195. The van der Waals surface area contributed by atoms with Gasteiger partial charge in [-0.25, -0.2) is 9.59 Å². The van der Waals surface area contributed by atoms with Gasteiger partial charge in [0.25, 0.3) is 0 Å². The van der Waals surface area contributed by atoms with Gasteiger partial charge in [-0.1, -0.05) is 6.92 Å². The zero-order valence-corrected chi connectivity index (χ0v) is 19.5. The van der Waals surface area contributed by atoms with Crippen LogP contribution >= 0.6 is 11.8 Å². The third-order valence-corrected chi connectivity index (χ3v) is 3.77. The number of nitrogens with two attached hydrogens (primary N) is 1. The topological polar surface area (TPSA) is 103 Å². The van der Waals surface area contributed by atoms with Crippen LogP contribution in [0.4, 0.5) is 22.1 Å². The fourth-order valence-corrected chi connectivity index (χ4v) is 2.50. The Kier molecular flexibility index (Phi) is 13.1. The normalized spacial score (nSPS) is 14.7. The number of hydrogen-bond donors (Lipinski definition) is 2. The van der Waals surface area contributed by atoms with E-state index < -0.39 is 36.6 Å². The van der Waals surface area contributed by atoms with E-state index in [1.165, 1.54) is 11.8 Å². The van der Waals surface area contributed by atoms with Gasteiger partial charge >= 0.3 is 19.3 Å². The summed E-state index contributed by atoms with van der Waals surface area (Å²) in [7, 11) is -6.00. The molecule has 0 rings (SSSR count). The lowest BCUT2D eigenvalue weighted by atomic mass is 10.2. The SMILES string of the molecule is CC(N)=NC[C@@H](C)SC[C@H](NC(=O)OC(C)(C)C)C(=O)OC(C)(C)C.F[B-](F)(F)F. The van der Waals surface area contributed by atoms with Crippen molar-refractivity contribution in [2.75, 3.05) is 12.3 Å². The van der Waals surface area contributed by atoms with Crippen molar-refractivity contribution in [3.8, 4) is 0 Å². The van der Waals surface area contributed by atoms with E-state index in [0.717, 1.165) is 0 Å². The van der Waals surface area contributed by atoms with E-state index >= 15 is 0 Å². The van der Waals surface area contributed by atoms with Crippen molar-refractivity contribution in [1.29, 1.82) is 0 Å². The molecule has 0 fully saturated rings. The van der Waals surface area contributed by atoms with E-state index in [-0.39, 0.29) is 5.25 Å². The molecule has 0 heterocycles. The van der Waals surface area contributed by atoms with Gasteiger partial charge in [-0.05, 0) is 48.5 Å². The van der Waals surface area contributed by atoms with Crippen molar-refractivity contribution in [2.24, 2.45) is 10.7 Å². The lowest BCUT2D eigenvalue weighted by Gasteiger charge is -2.26. The maximum Gasteiger partial charge on any atom is 0.673 e. The average molecular weight is 462 g/mol. The van der Waals surface area contributed by atoms with Crippen LogP contribution in [0.2, 0.25) is 0 Å². The fraction of sp³-hybridized carbons (Fsp3) is 0.824. The Morgan fingerprint density at radius 3 is 1.87 bits per heavy atom. The number of alkyl carbamates (subject to hydrolysis) is 1. The first-order valence-electron chi connectivity index (χ1n) is 9.17. The van der Waals surface area contributed by atoms with Crippen molar-refractivity contribution in [2.45, 2.75) is 77.9 Å². The number of thioether (sulfide) groups is 1. The molecule has 0 aromatic rings. The minimum absolute atomic E-state index is 0.142. The highest BCUT2D eigenvalue weighted by Crippen LogP contribution is 2.16. The van der Waals surface area contributed by atoms with Crippen LogP contribution in [-0.2, 0) is 14.3 Å². The van der Waals surface area contributed by atoms with Crippen LogP contribution in [0.25, 0.3) is 0 Å². The first kappa shape index (κ1) is 30.5. The molecule has 0 spiro atoms. The summed E-state index contributed by atoms with van der Waals surface area (Å²) in [4.78, 5) is 28.6. The van der Waals surface area contributed by atoms with E-state index in [1.54, 1.807) is 48.5 Å². The van der Waals surface area contributed by atoms with Gasteiger partial charge in [-0.15, -0.1) is 0 Å². The molecular weight excluding hydrogens is 429 g/mol. The third-order valence-electron chi connectivity index (χ3n) is 2.53. The van der Waals surface area contributed by atoms with Crippen LogP contribution < -0.4 is 11.1 Å². The zero-order valence-electron chi connectivity index (χ0n) is 18.7. The fourth-order valence-electron chi connectivity index (χ4n) is 1.58. The number of halogens is 4. The number of amides is 1. The van der Waals surface area contributed by atoms with Crippen LogP contribution in [0.1, 0.15) is 55.4 Å². The molecule has 13 heteroatoms. The van der Waals surface area contributed by atoms with Crippen LogP contribution in [0.3, 0.4) is 0 Å². The van der Waals surface area contributed by atoms with Gasteiger partial charge in [0, 0.05) is 11.0 Å². The molecule has 0 aliphatic rings. The second-order valence-corrected chi connectivity index (χ2v) is 9.82. The van der Waals surface area contributed by atoms with Crippen molar-refractivity contribution in [3.63, 3.8) is 0 Å². The van der Waals surface area contributed by atoms with Crippen LogP contribution in [-0.4, -0.2) is 59.9 Å². The molecule has 3 N–H and O–H groups in total. The van der Waals surface area contributed by atoms with Gasteiger partial charge in [0.05, 0.1) is 12.4 Å². The summed E-state index contributed by atoms with van der Waals surface area (Å²) in [6, 6.07) is -0.801. The molecule has 0 unspecified atom stereocenters. The van der Waals surface area contributed by atoms with Gasteiger partial charge in [0.1, 0.15) is 17.2 Å². The number of aliphatic imine (C=N–C) groups is 1. The number of ether oxygens (including phenoxy) is 2. The number of nitrogens with zero attached hydrogens (tertiary/aromatic N) is 1. The van der Waals surface area contributed by atoms with E-state index in [9.17, 15) is 26.9 Å². The molecule has 0 aliphatic heterocycles. The number of hydrogen-bond acceptors (Lipinski definition) is 6. The highest BCUT2D eigenvalue weighted by molar-refractivity contribution is 8.00. The Hall–Kier alpha value is -1.66. The van der Waals surface area contributed by atoms with Crippen molar-refractivity contribution in [1.82, 2.24) is 5.32 Å². The van der Waals surface area contributed by atoms with E-state index in [0.29, 0.717) is 18.1 Å². The molecule has 1 amide bonds. The van der Waals surface area contributed by atoms with E-state index in [4.69, 9.17) is 15.2 Å². The molecule has 0 bridgehead atoms. The minimum atomic E-state index is -6.00. The van der Waals surface area contributed by atoms with Gasteiger partial charge in [-0.3, -0.25) is 4.99 Å². The number of carbonyl (C=O) groups is 2. The summed E-state index contributed by atoms with van der Waals surface area (Å²) in [6.45, 7) is 14.9. The molecule has 7 nitrogen and oxygen atoms in total. The maximum absolute atomic E-state index is 12.4. The molecular formula is C17H33BF4N3O4S-. The largest absolute Gasteiger partial charge is 0.673 e. The molecule has 0 saturated carbocycles. The summed E-state index contributed by atoms with van der Waals surface area (Å²) < 4.78 is 49.6. The standard InChI is InChI=1S/C17H33N3O4S.BF4/c1-11(9-19-12(2)18)25-10-13(14(21)23-16(3,4)5)20-15(22)24-17(6,7)8;2-1(3,4)5/h11,13H,9-10H2,1-8H3,(H2,18,19)(H,20,22);/q;-1/t11-,13+;/m1./s1. The molecule has 30 heavy (non-hydrogen) atoms. The number of esters is 1. The summed E-state index contributed by atoms with van der Waals surface area (Å²) in [5.74, 6) is 0.383. The van der Waals surface area contributed by atoms with Gasteiger partial charge in [0.2, 0.25) is 0 Å². The first-order chi connectivity index (χ1) is 13.2. The minimum Gasteiger partial charge on any atom is -0.458 e. The van der Waals surface area contributed by atoms with Gasteiger partial charge in [-0.2, -0.15) is 11.8 Å². The average Bonchev–Trinajstić information content (AvgIpc) is 2.43. The third kappa shape index (κ3) is 24.4. The Morgan fingerprint density at radius 1 is 1.07 bits per heavy atom. The number of carbonyl (C=O) groups excluding carboxylic acids is 2. The summed E-state index contributed by atoms with van der Waals surface area (Å²) in [5, 5.41) is 2.74. The van der Waals surface area contributed by atoms with Crippen LogP contribution in [0.15, 0.2) is 4.99 Å². The second kappa shape index (κ2) is 12.9. The monoisotopic (exact) mass is 462 g/mol. The highest BCUT2D eigenvalue weighted by atomic mass is 32.2. The van der Waals surface area contributed by atoms with E-state index in [2.05, 4.69) is 10.3 Å². The summed E-state index contributed by atoms with van der Waals surface area (Å²) >= 11 is 1.51.